The number of hydrogen-bond acceptors (Lipinski definition) is 1. The standard InChI is InChI=1S/C9H9FO2/c1-2-6-4-3-5-7(8(6)10)9(11)12/h3-5H,2H2,1H3,(H,11,12)/i10-1. The lowest BCUT2D eigenvalue weighted by Crippen LogP contribution is -2.02. The molecule has 0 aliphatic rings. The van der Waals surface area contributed by atoms with Crippen LogP contribution in [-0.4, -0.2) is 11.1 Å². The number of carbonyl (C=O) groups is 1. The number of aromatic carboxylic acids is 1. The molecule has 0 fully saturated rings. The number of carboxylic acid groups (broad SMARTS) is 1. The summed E-state index contributed by atoms with van der Waals surface area (Å²) in [7, 11) is 0. The van der Waals surface area contributed by atoms with E-state index in [1.165, 1.54) is 6.07 Å². The molecule has 1 N–H and O–H groups in total. The lowest BCUT2D eigenvalue weighted by atomic mass is 10.1. The van der Waals surface area contributed by atoms with Crippen LogP contribution in [0.25, 0.3) is 0 Å². The van der Waals surface area contributed by atoms with Crippen molar-refractivity contribution < 1.29 is 14.3 Å². The van der Waals surface area contributed by atoms with Gasteiger partial charge in [0.15, 0.2) is 0 Å². The smallest absolute Gasteiger partial charge is 0.338 e. The molecular formula is C9H9FO2. The number of benzene rings is 1. The third kappa shape index (κ3) is 1.44. The normalized spacial score (nSPS) is 9.83. The zero-order chi connectivity index (χ0) is 9.14. The highest BCUT2D eigenvalue weighted by Crippen LogP contribution is 2.12. The minimum absolute atomic E-state index is 0.255. The summed E-state index contributed by atoms with van der Waals surface area (Å²) >= 11 is 0. The van der Waals surface area contributed by atoms with E-state index in [4.69, 9.17) is 5.11 Å². The van der Waals surface area contributed by atoms with Crippen LogP contribution in [0, 0.1) is 5.82 Å². The average molecular weight is 167 g/mol. The van der Waals surface area contributed by atoms with Gasteiger partial charge in [-0.05, 0) is 18.1 Å². The summed E-state index contributed by atoms with van der Waals surface area (Å²) in [6, 6.07) is 4.39. The molecule has 0 aliphatic carbocycles. The third-order valence-corrected chi connectivity index (χ3v) is 1.69. The highest BCUT2D eigenvalue weighted by molar-refractivity contribution is 5.88. The first-order valence-corrected chi connectivity index (χ1v) is 3.67. The van der Waals surface area contributed by atoms with Crippen LogP contribution in [0.1, 0.15) is 22.8 Å². The van der Waals surface area contributed by atoms with E-state index in [0.717, 1.165) is 0 Å². The van der Waals surface area contributed by atoms with Gasteiger partial charge < -0.3 is 5.11 Å². The lowest BCUT2D eigenvalue weighted by molar-refractivity contribution is 0.0691. The van der Waals surface area contributed by atoms with E-state index in [-0.39, 0.29) is 5.56 Å². The van der Waals surface area contributed by atoms with Crippen LogP contribution in [0.15, 0.2) is 18.2 Å². The summed E-state index contributed by atoms with van der Waals surface area (Å²) in [5, 5.41) is 8.55. The molecule has 0 aliphatic heterocycles. The van der Waals surface area contributed by atoms with Crippen molar-refractivity contribution in [3.05, 3.63) is 35.1 Å². The molecule has 0 saturated carbocycles. The maximum Gasteiger partial charge on any atom is 0.338 e. The van der Waals surface area contributed by atoms with Gasteiger partial charge in [-0.25, -0.2) is 9.18 Å². The van der Waals surface area contributed by atoms with Crippen LogP contribution in [0.2, 0.25) is 0 Å². The number of carboxylic acids is 1. The second kappa shape index (κ2) is 3.34. The Morgan fingerprint density at radius 2 is 2.25 bits per heavy atom. The summed E-state index contributed by atoms with van der Waals surface area (Å²) in [6.07, 6.45) is 0.507. The van der Waals surface area contributed by atoms with Crippen molar-refractivity contribution in [3.8, 4) is 0 Å². The van der Waals surface area contributed by atoms with E-state index < -0.39 is 11.8 Å². The molecule has 0 saturated heterocycles. The molecule has 0 spiro atoms. The van der Waals surface area contributed by atoms with Crippen LogP contribution in [0.4, 0.5) is 4.39 Å². The van der Waals surface area contributed by atoms with Crippen molar-refractivity contribution in [2.24, 2.45) is 0 Å². The number of hydrogen-bond donors (Lipinski definition) is 1. The summed E-state index contributed by atoms with van der Waals surface area (Å²) in [4.78, 5) is 10.4. The zero-order valence-electron chi connectivity index (χ0n) is 6.67. The van der Waals surface area contributed by atoms with E-state index in [1.807, 2.05) is 0 Å². The monoisotopic (exact) mass is 167 g/mol. The van der Waals surface area contributed by atoms with Crippen molar-refractivity contribution in [2.45, 2.75) is 13.3 Å². The second-order valence-electron chi connectivity index (χ2n) is 2.44. The summed E-state index contributed by atoms with van der Waals surface area (Å²) in [6.45, 7) is 1.78. The SMILES string of the molecule is CCc1cccc(C(=O)O)c1[18F]. The average Bonchev–Trinajstić information content (AvgIpc) is 2.04. The Hall–Kier alpha value is -1.38. The fourth-order valence-corrected chi connectivity index (χ4v) is 1.02. The second-order valence-corrected chi connectivity index (χ2v) is 2.44. The molecule has 0 unspecified atom stereocenters. The topological polar surface area (TPSA) is 37.3 Å². The number of rotatable bonds is 2. The van der Waals surface area contributed by atoms with Gasteiger partial charge in [-0.3, -0.25) is 0 Å². The van der Waals surface area contributed by atoms with Crippen molar-refractivity contribution in [1.82, 2.24) is 0 Å². The fraction of sp³-hybridized carbons (Fsp3) is 0.222. The van der Waals surface area contributed by atoms with Crippen LogP contribution >= 0.6 is 0 Å². The van der Waals surface area contributed by atoms with Gasteiger partial charge in [0.05, 0.1) is 5.56 Å². The molecule has 0 radical (unpaired) electrons. The minimum atomic E-state index is -1.22. The van der Waals surface area contributed by atoms with Gasteiger partial charge in [0.25, 0.3) is 0 Å². The van der Waals surface area contributed by atoms with Crippen LogP contribution in [0.5, 0.6) is 0 Å². The molecule has 1 aromatic rings. The molecule has 64 valence electrons. The molecule has 2 nitrogen and oxygen atoms in total. The quantitative estimate of drug-likeness (QED) is 0.732. The first-order chi connectivity index (χ1) is 5.66. The Bertz CT molecular complexity index is 307. The molecule has 1 rings (SSSR count). The van der Waals surface area contributed by atoms with Gasteiger partial charge >= 0.3 is 5.97 Å². The fourth-order valence-electron chi connectivity index (χ4n) is 1.02. The maximum absolute atomic E-state index is 13.1. The Labute approximate surface area is 69.6 Å². The molecule has 1 aromatic carbocycles. The van der Waals surface area contributed by atoms with E-state index in [1.54, 1.807) is 19.1 Å². The number of aryl methyl sites for hydroxylation is 1. The van der Waals surface area contributed by atoms with E-state index in [2.05, 4.69) is 0 Å². The summed E-state index contributed by atoms with van der Waals surface area (Å²) < 4.78 is 13.1. The van der Waals surface area contributed by atoms with Crippen molar-refractivity contribution in [2.75, 3.05) is 0 Å². The van der Waals surface area contributed by atoms with Gasteiger partial charge in [-0.1, -0.05) is 19.1 Å². The van der Waals surface area contributed by atoms with Crippen LogP contribution in [-0.2, 0) is 6.42 Å². The Morgan fingerprint density at radius 3 is 2.75 bits per heavy atom. The lowest BCUT2D eigenvalue weighted by Gasteiger charge is -2.01. The Balaban J connectivity index is 3.23. The number of halogens is 1. The molecule has 0 aromatic heterocycles. The van der Waals surface area contributed by atoms with Gasteiger partial charge in [0, 0.05) is 0 Å². The first kappa shape index (κ1) is 8.71. The maximum atomic E-state index is 13.1. The van der Waals surface area contributed by atoms with Gasteiger partial charge in [-0.2, -0.15) is 0 Å². The van der Waals surface area contributed by atoms with Gasteiger partial charge in [-0.15, -0.1) is 0 Å². The van der Waals surface area contributed by atoms with Crippen LogP contribution < -0.4 is 0 Å². The Morgan fingerprint density at radius 1 is 1.58 bits per heavy atom. The summed E-state index contributed by atoms with van der Waals surface area (Å²) in [5.41, 5.74) is 0.184. The van der Waals surface area contributed by atoms with Gasteiger partial charge in [0.1, 0.15) is 5.82 Å². The van der Waals surface area contributed by atoms with E-state index in [0.29, 0.717) is 12.0 Å². The van der Waals surface area contributed by atoms with Crippen molar-refractivity contribution >= 4 is 5.97 Å². The van der Waals surface area contributed by atoms with Crippen molar-refractivity contribution in [3.63, 3.8) is 0 Å². The predicted octanol–water partition coefficient (Wildman–Crippen LogP) is 2.09. The van der Waals surface area contributed by atoms with E-state index >= 15 is 0 Å². The first-order valence-electron chi connectivity index (χ1n) is 3.67. The Kier molecular flexibility index (Phi) is 2.43. The van der Waals surface area contributed by atoms with Crippen molar-refractivity contribution in [1.29, 1.82) is 0 Å². The predicted molar refractivity (Wildman–Crippen MR) is 42.7 cm³/mol. The summed E-state index contributed by atoms with van der Waals surface area (Å²) in [5.74, 6) is -1.84. The highest BCUT2D eigenvalue weighted by atomic mass is 18.2. The third-order valence-electron chi connectivity index (χ3n) is 1.69. The molecular weight excluding hydrogens is 158 g/mol. The molecule has 0 heterocycles. The molecule has 12 heavy (non-hydrogen) atoms. The molecule has 3 heteroatoms. The van der Waals surface area contributed by atoms with Crippen LogP contribution in [0.3, 0.4) is 0 Å². The molecule has 0 amide bonds. The highest BCUT2D eigenvalue weighted by Gasteiger charge is 2.11. The molecule has 0 atom stereocenters. The molecule has 0 bridgehead atoms. The van der Waals surface area contributed by atoms with E-state index in [9.17, 15) is 9.18 Å². The minimum Gasteiger partial charge on any atom is -0.478 e. The largest absolute Gasteiger partial charge is 0.478 e. The van der Waals surface area contributed by atoms with Gasteiger partial charge in [0.2, 0.25) is 0 Å². The zero-order valence-corrected chi connectivity index (χ0v) is 6.67.